The lowest BCUT2D eigenvalue weighted by Crippen LogP contribution is -2.32. The number of carbonyl (C=O) groups excluding carboxylic acids is 1. The fourth-order valence-corrected chi connectivity index (χ4v) is 2.89. The highest BCUT2D eigenvalue weighted by Gasteiger charge is 2.23. The van der Waals surface area contributed by atoms with Gasteiger partial charge in [-0.05, 0) is 6.07 Å². The molecule has 1 amide bonds. The van der Waals surface area contributed by atoms with Crippen LogP contribution in [0.2, 0.25) is 0 Å². The Morgan fingerprint density at radius 3 is 3.05 bits per heavy atom. The van der Waals surface area contributed by atoms with Crippen molar-refractivity contribution in [2.75, 3.05) is 6.61 Å². The van der Waals surface area contributed by atoms with Crippen molar-refractivity contribution >= 4 is 29.7 Å². The number of halogens is 1. The number of benzene rings is 1. The van der Waals surface area contributed by atoms with Gasteiger partial charge in [0, 0.05) is 23.9 Å². The highest BCUT2D eigenvalue weighted by atomic mass is 35.5. The molecule has 0 saturated carbocycles. The summed E-state index contributed by atoms with van der Waals surface area (Å²) < 4.78 is 5.58. The van der Waals surface area contributed by atoms with Crippen molar-refractivity contribution in [2.24, 2.45) is 5.73 Å². The van der Waals surface area contributed by atoms with Crippen molar-refractivity contribution in [3.8, 4) is 5.75 Å². The predicted molar refractivity (Wildman–Crippen MR) is 84.0 cm³/mol. The normalized spacial score (nSPS) is 16.3. The molecule has 5 nitrogen and oxygen atoms in total. The van der Waals surface area contributed by atoms with Gasteiger partial charge in [0.15, 0.2) is 0 Å². The van der Waals surface area contributed by atoms with Gasteiger partial charge in [0.1, 0.15) is 16.5 Å². The van der Waals surface area contributed by atoms with Crippen LogP contribution >= 0.6 is 23.7 Å². The zero-order valence-corrected chi connectivity index (χ0v) is 12.9. The summed E-state index contributed by atoms with van der Waals surface area (Å²) >= 11 is 1.40. The van der Waals surface area contributed by atoms with E-state index < -0.39 is 0 Å². The zero-order valence-electron chi connectivity index (χ0n) is 11.2. The number of nitrogens with zero attached hydrogens (tertiary/aromatic N) is 1. The van der Waals surface area contributed by atoms with Crippen LogP contribution < -0.4 is 15.8 Å². The minimum Gasteiger partial charge on any atom is -0.493 e. The van der Waals surface area contributed by atoms with Gasteiger partial charge in [-0.15, -0.1) is 23.7 Å². The van der Waals surface area contributed by atoms with Gasteiger partial charge >= 0.3 is 0 Å². The van der Waals surface area contributed by atoms with Gasteiger partial charge in [-0.3, -0.25) is 4.79 Å². The van der Waals surface area contributed by atoms with E-state index in [2.05, 4.69) is 10.3 Å². The topological polar surface area (TPSA) is 77.2 Å². The summed E-state index contributed by atoms with van der Waals surface area (Å²) in [4.78, 5) is 16.4. The number of amides is 1. The molecule has 1 aromatic carbocycles. The molecular weight excluding hydrogens is 310 g/mol. The largest absolute Gasteiger partial charge is 0.493 e. The molecule has 1 atom stereocenters. The Kier molecular flexibility index (Phi) is 5.17. The van der Waals surface area contributed by atoms with Crippen LogP contribution in [0.3, 0.4) is 0 Å². The van der Waals surface area contributed by atoms with E-state index in [9.17, 15) is 4.79 Å². The van der Waals surface area contributed by atoms with Crippen molar-refractivity contribution in [1.29, 1.82) is 0 Å². The summed E-state index contributed by atoms with van der Waals surface area (Å²) in [6.07, 6.45) is 0.761. The molecule has 0 radical (unpaired) electrons. The summed E-state index contributed by atoms with van der Waals surface area (Å²) in [5.74, 6) is 0.674. The summed E-state index contributed by atoms with van der Waals surface area (Å²) in [6, 6.07) is 7.74. The second-order valence-corrected chi connectivity index (χ2v) is 5.47. The molecule has 3 N–H and O–H groups in total. The minimum absolute atomic E-state index is 0. The average Bonchev–Trinajstić information content (AvgIpc) is 2.97. The minimum atomic E-state index is -0.164. The first-order chi connectivity index (χ1) is 9.78. The van der Waals surface area contributed by atoms with Gasteiger partial charge in [-0.1, -0.05) is 18.2 Å². The lowest BCUT2D eigenvalue weighted by molar-refractivity contribution is 0.0920. The molecule has 1 aromatic heterocycles. The van der Waals surface area contributed by atoms with Crippen molar-refractivity contribution in [3.05, 3.63) is 45.9 Å². The molecule has 0 fully saturated rings. The summed E-state index contributed by atoms with van der Waals surface area (Å²) in [6.45, 7) is 0.963. The standard InChI is InChI=1S/C14H15N3O2S.ClH/c15-7-13-16-11(8-20-13)14(18)17-10-5-6-19-12-4-2-1-3-9(10)12;/h1-4,8,10H,5-7,15H2,(H,17,18);1H. The Labute approximate surface area is 132 Å². The first-order valence-corrected chi connectivity index (χ1v) is 7.33. The van der Waals surface area contributed by atoms with Gasteiger partial charge in [0.2, 0.25) is 0 Å². The monoisotopic (exact) mass is 325 g/mol. The number of nitrogens with one attached hydrogen (secondary N) is 1. The van der Waals surface area contributed by atoms with Gasteiger partial charge in [0.25, 0.3) is 5.91 Å². The number of carbonyl (C=O) groups is 1. The zero-order chi connectivity index (χ0) is 13.9. The quantitative estimate of drug-likeness (QED) is 0.907. The highest BCUT2D eigenvalue weighted by molar-refractivity contribution is 7.09. The number of nitrogens with two attached hydrogens (primary N) is 1. The molecule has 0 saturated heterocycles. The second-order valence-electron chi connectivity index (χ2n) is 4.53. The molecule has 1 unspecified atom stereocenters. The number of hydrogen-bond acceptors (Lipinski definition) is 5. The molecule has 1 aliphatic rings. The molecule has 1 aliphatic heterocycles. The van der Waals surface area contributed by atoms with Crippen LogP contribution in [0.25, 0.3) is 0 Å². The lowest BCUT2D eigenvalue weighted by atomic mass is 10.0. The van der Waals surface area contributed by atoms with Crippen LogP contribution in [0.15, 0.2) is 29.6 Å². The van der Waals surface area contributed by atoms with Gasteiger partial charge < -0.3 is 15.8 Å². The Morgan fingerprint density at radius 1 is 1.48 bits per heavy atom. The first kappa shape index (κ1) is 15.8. The number of thiazole rings is 1. The van der Waals surface area contributed by atoms with Crippen molar-refractivity contribution in [3.63, 3.8) is 0 Å². The number of aromatic nitrogens is 1. The van der Waals surface area contributed by atoms with E-state index in [1.54, 1.807) is 5.38 Å². The molecule has 2 heterocycles. The molecule has 3 rings (SSSR count). The third-order valence-electron chi connectivity index (χ3n) is 3.22. The van der Waals surface area contributed by atoms with Crippen molar-refractivity contribution in [1.82, 2.24) is 10.3 Å². The Bertz CT molecular complexity index is 632. The molecule has 0 aliphatic carbocycles. The third-order valence-corrected chi connectivity index (χ3v) is 4.09. The van der Waals surface area contributed by atoms with E-state index in [1.807, 2.05) is 24.3 Å². The fourth-order valence-electron chi connectivity index (χ4n) is 2.23. The molecule has 0 bridgehead atoms. The van der Waals surface area contributed by atoms with Crippen LogP contribution in [-0.4, -0.2) is 17.5 Å². The average molecular weight is 326 g/mol. The fraction of sp³-hybridized carbons (Fsp3) is 0.286. The van der Waals surface area contributed by atoms with Gasteiger partial charge in [-0.25, -0.2) is 4.98 Å². The number of fused-ring (bicyclic) bond motifs is 1. The van der Waals surface area contributed by atoms with Crippen LogP contribution in [-0.2, 0) is 6.54 Å². The molecular formula is C14H16ClN3O2S. The van der Waals surface area contributed by atoms with Crippen LogP contribution in [0.1, 0.15) is 33.5 Å². The molecule has 2 aromatic rings. The highest BCUT2D eigenvalue weighted by Crippen LogP contribution is 2.31. The SMILES string of the molecule is Cl.NCc1nc(C(=O)NC2CCOc3ccccc32)cs1. The van der Waals surface area contributed by atoms with Gasteiger partial charge in [0.05, 0.1) is 12.6 Å². The molecule has 7 heteroatoms. The molecule has 112 valence electrons. The van der Waals surface area contributed by atoms with E-state index >= 15 is 0 Å². The summed E-state index contributed by atoms with van der Waals surface area (Å²) in [5.41, 5.74) is 6.96. The summed E-state index contributed by atoms with van der Waals surface area (Å²) in [5, 5.41) is 5.52. The Balaban J connectivity index is 0.00000161. The van der Waals surface area contributed by atoms with E-state index in [0.29, 0.717) is 18.8 Å². The van der Waals surface area contributed by atoms with E-state index in [-0.39, 0.29) is 24.4 Å². The lowest BCUT2D eigenvalue weighted by Gasteiger charge is -2.26. The van der Waals surface area contributed by atoms with Gasteiger partial charge in [-0.2, -0.15) is 0 Å². The Hall–Kier alpha value is -1.63. The predicted octanol–water partition coefficient (Wildman–Crippen LogP) is 2.28. The smallest absolute Gasteiger partial charge is 0.271 e. The maximum atomic E-state index is 12.2. The molecule has 21 heavy (non-hydrogen) atoms. The van der Waals surface area contributed by atoms with E-state index in [1.165, 1.54) is 11.3 Å². The first-order valence-electron chi connectivity index (χ1n) is 6.45. The summed E-state index contributed by atoms with van der Waals surface area (Å²) in [7, 11) is 0. The number of hydrogen-bond donors (Lipinski definition) is 2. The maximum Gasteiger partial charge on any atom is 0.271 e. The molecule has 0 spiro atoms. The van der Waals surface area contributed by atoms with Crippen LogP contribution in [0.5, 0.6) is 5.75 Å². The van der Waals surface area contributed by atoms with Crippen molar-refractivity contribution < 1.29 is 9.53 Å². The Morgan fingerprint density at radius 2 is 2.29 bits per heavy atom. The van der Waals surface area contributed by atoms with E-state index in [4.69, 9.17) is 10.5 Å². The van der Waals surface area contributed by atoms with Crippen molar-refractivity contribution in [2.45, 2.75) is 19.0 Å². The number of ether oxygens (including phenoxy) is 1. The third kappa shape index (κ3) is 3.34. The van der Waals surface area contributed by atoms with E-state index in [0.717, 1.165) is 22.7 Å². The maximum absolute atomic E-state index is 12.2. The van der Waals surface area contributed by atoms with Crippen LogP contribution in [0.4, 0.5) is 0 Å². The number of rotatable bonds is 3. The second kappa shape index (κ2) is 6.89. The number of para-hydroxylation sites is 1. The van der Waals surface area contributed by atoms with Crippen LogP contribution in [0, 0.1) is 0 Å².